The number of nitrogens with zero attached hydrogens (tertiary/aromatic N) is 7. The summed E-state index contributed by atoms with van der Waals surface area (Å²) in [6, 6.07) is 11.2. The van der Waals surface area contributed by atoms with Crippen LogP contribution < -0.4 is 21.5 Å². The fraction of sp³-hybridized carbons (Fsp3) is 0.394. The van der Waals surface area contributed by atoms with E-state index in [0.717, 1.165) is 34.6 Å². The van der Waals surface area contributed by atoms with Gasteiger partial charge in [-0.2, -0.15) is 4.98 Å². The monoisotopic (exact) mass is 608 g/mol. The first-order valence-electron chi connectivity index (χ1n) is 15.0. The van der Waals surface area contributed by atoms with Crippen LogP contribution in [0.25, 0.3) is 33.0 Å². The first-order valence-corrected chi connectivity index (χ1v) is 15.0. The van der Waals surface area contributed by atoms with Crippen LogP contribution in [0.1, 0.15) is 46.2 Å². The third-order valence-electron chi connectivity index (χ3n) is 7.89. The highest BCUT2D eigenvalue weighted by atomic mass is 16.6. The van der Waals surface area contributed by atoms with Gasteiger partial charge in [-0.1, -0.05) is 24.1 Å². The Kier molecular flexibility index (Phi) is 7.78. The number of anilines is 1. The van der Waals surface area contributed by atoms with Crippen molar-refractivity contribution < 1.29 is 9.53 Å². The lowest BCUT2D eigenvalue weighted by Gasteiger charge is -2.34. The van der Waals surface area contributed by atoms with E-state index in [4.69, 9.17) is 14.7 Å². The number of alkyl carbamates (subject to hydrolysis) is 1. The topological polar surface area (TPSA) is 129 Å². The third-order valence-corrected chi connectivity index (χ3v) is 7.89. The maximum absolute atomic E-state index is 14.2. The number of fused-ring (bicyclic) bond motifs is 4. The number of piperidine rings is 1. The van der Waals surface area contributed by atoms with Gasteiger partial charge in [-0.25, -0.2) is 9.59 Å². The molecule has 1 aromatic carbocycles. The van der Waals surface area contributed by atoms with Crippen molar-refractivity contribution in [3.8, 4) is 11.8 Å². The molecule has 1 fully saturated rings. The number of hydrogen-bond acceptors (Lipinski definition) is 8. The average Bonchev–Trinajstić information content (AvgIpc) is 3.40. The molecule has 0 saturated carbocycles. The Labute approximate surface area is 259 Å². The fourth-order valence-corrected chi connectivity index (χ4v) is 5.90. The maximum atomic E-state index is 14.2. The minimum Gasteiger partial charge on any atom is -0.444 e. The van der Waals surface area contributed by atoms with Crippen LogP contribution in [0.2, 0.25) is 0 Å². The standard InChI is InChI=1S/C33H36N8O4/c1-6-7-18-40-27-28(37-30(40)39-17-11-12-21(19-39)35-31(43)45-33(2,3)4)38(5)32(44)41(29(27)42)20-25-23-14-10-16-34-26(23)22-13-8-9-15-24(22)36-25/h8-10,13-16,21H,11-12,17-20H2,1-5H3,(H,35,43). The highest BCUT2D eigenvalue weighted by molar-refractivity contribution is 6.04. The Morgan fingerprint density at radius 1 is 1.09 bits per heavy atom. The van der Waals surface area contributed by atoms with Crippen molar-refractivity contribution in [3.63, 3.8) is 0 Å². The number of aromatic nitrogens is 6. The van der Waals surface area contributed by atoms with Gasteiger partial charge in [-0.05, 0) is 58.7 Å². The van der Waals surface area contributed by atoms with Crippen molar-refractivity contribution >= 4 is 45.0 Å². The summed E-state index contributed by atoms with van der Waals surface area (Å²) >= 11 is 0. The van der Waals surface area contributed by atoms with Gasteiger partial charge in [0.05, 0.1) is 29.8 Å². The molecule has 1 unspecified atom stereocenters. The molecule has 1 aliphatic heterocycles. The largest absolute Gasteiger partial charge is 0.444 e. The molecule has 1 N–H and O–H groups in total. The first-order chi connectivity index (χ1) is 21.6. The summed E-state index contributed by atoms with van der Waals surface area (Å²) < 4.78 is 9.84. The van der Waals surface area contributed by atoms with Crippen LogP contribution in [-0.4, -0.2) is 59.5 Å². The van der Waals surface area contributed by atoms with Crippen LogP contribution in [0.5, 0.6) is 0 Å². The smallest absolute Gasteiger partial charge is 0.407 e. The van der Waals surface area contributed by atoms with E-state index in [1.165, 1.54) is 9.13 Å². The summed E-state index contributed by atoms with van der Waals surface area (Å²) in [5, 5.41) is 4.64. The van der Waals surface area contributed by atoms with Gasteiger partial charge in [0.1, 0.15) is 5.60 Å². The molecule has 5 aromatic rings. The Balaban J connectivity index is 1.44. The zero-order valence-electron chi connectivity index (χ0n) is 26.1. The van der Waals surface area contributed by atoms with Gasteiger partial charge < -0.3 is 15.0 Å². The van der Waals surface area contributed by atoms with E-state index in [1.54, 1.807) is 24.7 Å². The molecule has 1 atom stereocenters. The maximum Gasteiger partial charge on any atom is 0.407 e. The molecule has 12 nitrogen and oxygen atoms in total. The molecule has 0 spiro atoms. The van der Waals surface area contributed by atoms with Crippen molar-refractivity contribution in [1.82, 2.24) is 34.0 Å². The summed E-state index contributed by atoms with van der Waals surface area (Å²) in [6.07, 6.45) is 2.81. The number of para-hydroxylation sites is 1. The number of benzene rings is 1. The zero-order valence-corrected chi connectivity index (χ0v) is 26.1. The molecule has 0 aliphatic carbocycles. The van der Waals surface area contributed by atoms with E-state index in [0.29, 0.717) is 24.7 Å². The zero-order chi connectivity index (χ0) is 31.9. The number of pyridine rings is 2. The van der Waals surface area contributed by atoms with Gasteiger partial charge in [0, 0.05) is 43.1 Å². The van der Waals surface area contributed by atoms with Crippen LogP contribution in [0, 0.1) is 11.8 Å². The van der Waals surface area contributed by atoms with Crippen LogP contribution in [0.4, 0.5) is 10.7 Å². The predicted octanol–water partition coefficient (Wildman–Crippen LogP) is 3.56. The number of carbonyl (C=O) groups is 1. The fourth-order valence-electron chi connectivity index (χ4n) is 5.90. The summed E-state index contributed by atoms with van der Waals surface area (Å²) in [5.74, 6) is 6.50. The Morgan fingerprint density at radius 2 is 1.87 bits per heavy atom. The highest BCUT2D eigenvalue weighted by Crippen LogP contribution is 2.26. The molecule has 45 heavy (non-hydrogen) atoms. The first kappa shape index (κ1) is 29.9. The second-order valence-electron chi connectivity index (χ2n) is 12.2. The van der Waals surface area contributed by atoms with E-state index in [-0.39, 0.29) is 30.3 Å². The lowest BCUT2D eigenvalue weighted by molar-refractivity contribution is 0.0499. The van der Waals surface area contributed by atoms with E-state index in [1.807, 2.05) is 62.1 Å². The Hall–Kier alpha value is -5.18. The van der Waals surface area contributed by atoms with Crippen LogP contribution in [0.15, 0.2) is 52.2 Å². The molecule has 232 valence electrons. The van der Waals surface area contributed by atoms with E-state index < -0.39 is 22.9 Å². The van der Waals surface area contributed by atoms with Gasteiger partial charge in [-0.15, -0.1) is 5.92 Å². The van der Waals surface area contributed by atoms with Gasteiger partial charge >= 0.3 is 11.8 Å². The van der Waals surface area contributed by atoms with Gasteiger partial charge in [-0.3, -0.25) is 28.5 Å². The van der Waals surface area contributed by atoms with Gasteiger partial charge in [0.2, 0.25) is 5.95 Å². The van der Waals surface area contributed by atoms with Gasteiger partial charge in [0.15, 0.2) is 11.2 Å². The summed E-state index contributed by atoms with van der Waals surface area (Å²) in [5.41, 5.74) is 1.03. The predicted molar refractivity (Wildman–Crippen MR) is 173 cm³/mol. The van der Waals surface area contributed by atoms with E-state index >= 15 is 0 Å². The van der Waals surface area contributed by atoms with Crippen molar-refractivity contribution in [2.24, 2.45) is 7.05 Å². The van der Waals surface area contributed by atoms with Crippen LogP contribution in [-0.2, 0) is 24.9 Å². The molecule has 1 aliphatic rings. The second-order valence-corrected chi connectivity index (χ2v) is 12.2. The quantitative estimate of drug-likeness (QED) is 0.237. The average molecular weight is 609 g/mol. The summed E-state index contributed by atoms with van der Waals surface area (Å²) in [6.45, 7) is 8.49. The summed E-state index contributed by atoms with van der Waals surface area (Å²) in [4.78, 5) is 56.8. The third kappa shape index (κ3) is 5.73. The number of amides is 1. The number of carbonyl (C=O) groups excluding carboxylic acids is 1. The molecule has 4 aromatic heterocycles. The molecule has 0 radical (unpaired) electrons. The van der Waals surface area contributed by atoms with Crippen molar-refractivity contribution in [2.75, 3.05) is 18.0 Å². The van der Waals surface area contributed by atoms with Crippen molar-refractivity contribution in [3.05, 3.63) is 69.1 Å². The van der Waals surface area contributed by atoms with Crippen LogP contribution in [0.3, 0.4) is 0 Å². The molecule has 12 heteroatoms. The minimum absolute atomic E-state index is 0.0416. The summed E-state index contributed by atoms with van der Waals surface area (Å²) in [7, 11) is 1.61. The van der Waals surface area contributed by atoms with Crippen LogP contribution >= 0.6 is 0 Å². The molecule has 1 amide bonds. The Bertz CT molecular complexity index is 2130. The number of nitrogens with one attached hydrogen (secondary N) is 1. The number of aryl methyl sites for hydroxylation is 1. The molecule has 0 bridgehead atoms. The van der Waals surface area contributed by atoms with Gasteiger partial charge in [0.25, 0.3) is 5.56 Å². The SMILES string of the molecule is CC#CCn1c(N2CCCC(NC(=O)OC(C)(C)C)C2)nc2c1c(=O)n(Cc1nc3ccccc3c3ncccc13)c(=O)n2C. The number of hydrogen-bond donors (Lipinski definition) is 1. The second kappa shape index (κ2) is 11.7. The molecule has 5 heterocycles. The lowest BCUT2D eigenvalue weighted by Crippen LogP contribution is -2.49. The molecule has 6 rings (SSSR count). The molecule has 1 saturated heterocycles. The van der Waals surface area contributed by atoms with Crippen molar-refractivity contribution in [1.29, 1.82) is 0 Å². The number of ether oxygens (including phenoxy) is 1. The lowest BCUT2D eigenvalue weighted by atomic mass is 10.1. The molecular weight excluding hydrogens is 572 g/mol. The molecular formula is C33H36N8O4. The van der Waals surface area contributed by atoms with E-state index in [2.05, 4.69) is 22.1 Å². The Morgan fingerprint density at radius 3 is 2.64 bits per heavy atom. The van der Waals surface area contributed by atoms with Crippen molar-refractivity contribution in [2.45, 2.75) is 65.3 Å². The normalized spacial score (nSPS) is 15.3. The minimum atomic E-state index is -0.610. The highest BCUT2D eigenvalue weighted by Gasteiger charge is 2.29. The number of imidazole rings is 1. The van der Waals surface area contributed by atoms with E-state index in [9.17, 15) is 14.4 Å². The number of rotatable bonds is 5.